The number of likely N-dealkylation sites (N-methyl/N-ethyl adjacent to an activating group) is 1. The third-order valence-electron chi connectivity index (χ3n) is 8.50. The summed E-state index contributed by atoms with van der Waals surface area (Å²) in [7, 11) is 1.52. The zero-order valence-electron chi connectivity index (χ0n) is 24.2. The Hall–Kier alpha value is -4.69. The number of benzene rings is 1. The summed E-state index contributed by atoms with van der Waals surface area (Å²) in [6, 6.07) is 6.14. The van der Waals surface area contributed by atoms with E-state index in [1.54, 1.807) is 23.2 Å². The molecule has 7 rings (SSSR count). The van der Waals surface area contributed by atoms with Crippen LogP contribution in [-0.2, 0) is 17.5 Å². The molecular formula is C30H27F5N8O2. The Morgan fingerprint density at radius 3 is 2.40 bits per heavy atom. The minimum absolute atomic E-state index is 0.0663. The van der Waals surface area contributed by atoms with Gasteiger partial charge in [0.25, 0.3) is 5.91 Å². The van der Waals surface area contributed by atoms with Gasteiger partial charge in [-0.3, -0.25) is 9.36 Å². The molecule has 2 aliphatic carbocycles. The summed E-state index contributed by atoms with van der Waals surface area (Å²) in [6.45, 7) is -0.687. The highest BCUT2D eigenvalue weighted by Gasteiger charge is 2.60. The maximum absolute atomic E-state index is 13.7. The molecule has 4 heterocycles. The molecule has 45 heavy (non-hydrogen) atoms. The predicted molar refractivity (Wildman–Crippen MR) is 152 cm³/mol. The molecule has 1 aromatic carbocycles. The summed E-state index contributed by atoms with van der Waals surface area (Å²) in [6.07, 6.45) is 1.69. The van der Waals surface area contributed by atoms with Crippen molar-refractivity contribution in [2.75, 3.05) is 23.5 Å². The predicted octanol–water partition coefficient (Wildman–Crippen LogP) is 6.00. The van der Waals surface area contributed by atoms with Crippen LogP contribution in [0.25, 0.3) is 22.8 Å². The molecule has 15 heteroatoms. The molecule has 0 radical (unpaired) electrons. The average Bonchev–Trinajstić information content (AvgIpc) is 3.96. The number of nitrogens with zero attached hydrogens (tertiary/aromatic N) is 8. The molecule has 1 amide bonds. The van der Waals surface area contributed by atoms with Crippen LogP contribution in [0.3, 0.4) is 0 Å². The van der Waals surface area contributed by atoms with Crippen molar-refractivity contribution >= 4 is 17.4 Å². The zero-order chi connectivity index (χ0) is 31.7. The number of rotatable bonds is 8. The molecule has 1 aliphatic heterocycles. The molecule has 3 aliphatic rings. The van der Waals surface area contributed by atoms with Crippen molar-refractivity contribution in [1.29, 1.82) is 0 Å². The van der Waals surface area contributed by atoms with Crippen molar-refractivity contribution in [2.24, 2.45) is 0 Å². The number of halogens is 5. The van der Waals surface area contributed by atoms with Crippen LogP contribution in [0, 0.1) is 0 Å². The minimum Gasteiger partial charge on any atom is -0.480 e. The number of methoxy groups -OCH3 is 1. The van der Waals surface area contributed by atoms with E-state index >= 15 is 0 Å². The Labute approximate surface area is 253 Å². The van der Waals surface area contributed by atoms with Gasteiger partial charge in [0, 0.05) is 30.8 Å². The summed E-state index contributed by atoms with van der Waals surface area (Å²) in [5.41, 5.74) is 0.519. The Bertz CT molecular complexity index is 1780. The standard InChI is InChI=1S/C30H27F5N8O2/c1-3-41-19-12-36-23(21-22(17-8-9-17)37-15-38-26(21)45-2)40-25(19)43(29(10-11-29)27(41)44)13-16-4-6-18(7-5-16)24-39-20(30(33,34)35)14-42(24)28(31)32/h4-7,12,14-15,17,28H,3,8-11,13H2,1-2H3. The average molecular weight is 627 g/mol. The van der Waals surface area contributed by atoms with Gasteiger partial charge in [-0.15, -0.1) is 0 Å². The number of fused-ring (bicyclic) bond motifs is 1. The van der Waals surface area contributed by atoms with Crippen LogP contribution >= 0.6 is 0 Å². The fourth-order valence-corrected chi connectivity index (χ4v) is 5.94. The molecule has 2 saturated carbocycles. The number of hydrogen-bond acceptors (Lipinski definition) is 8. The third-order valence-corrected chi connectivity index (χ3v) is 8.50. The van der Waals surface area contributed by atoms with E-state index in [0.29, 0.717) is 59.9 Å². The highest BCUT2D eigenvalue weighted by atomic mass is 19.4. The lowest BCUT2D eigenvalue weighted by Gasteiger charge is -2.42. The summed E-state index contributed by atoms with van der Waals surface area (Å²) in [5, 5.41) is 0. The van der Waals surface area contributed by atoms with Gasteiger partial charge in [0.1, 0.15) is 28.9 Å². The number of carbonyl (C=O) groups is 1. The highest BCUT2D eigenvalue weighted by molar-refractivity contribution is 6.09. The molecule has 2 fully saturated rings. The molecule has 234 valence electrons. The van der Waals surface area contributed by atoms with Gasteiger partial charge in [-0.2, -0.15) is 22.0 Å². The topological polar surface area (TPSA) is 102 Å². The van der Waals surface area contributed by atoms with Crippen LogP contribution in [0.1, 0.15) is 62.0 Å². The first-order chi connectivity index (χ1) is 21.6. The van der Waals surface area contributed by atoms with Gasteiger partial charge in [0.15, 0.2) is 17.3 Å². The van der Waals surface area contributed by atoms with E-state index in [9.17, 15) is 26.7 Å². The maximum atomic E-state index is 13.7. The summed E-state index contributed by atoms with van der Waals surface area (Å²) < 4.78 is 72.6. The van der Waals surface area contributed by atoms with Crippen molar-refractivity contribution in [1.82, 2.24) is 29.5 Å². The summed E-state index contributed by atoms with van der Waals surface area (Å²) in [4.78, 5) is 39.2. The second-order valence-corrected chi connectivity index (χ2v) is 11.3. The second-order valence-electron chi connectivity index (χ2n) is 11.3. The zero-order valence-corrected chi connectivity index (χ0v) is 24.2. The number of amides is 1. The first kappa shape index (κ1) is 29.0. The molecule has 0 N–H and O–H groups in total. The maximum Gasteiger partial charge on any atom is 0.434 e. The highest BCUT2D eigenvalue weighted by Crippen LogP contribution is 2.53. The number of hydrogen-bond donors (Lipinski definition) is 0. The summed E-state index contributed by atoms with van der Waals surface area (Å²) in [5.74, 6) is 0.950. The van der Waals surface area contributed by atoms with Gasteiger partial charge >= 0.3 is 12.7 Å². The molecule has 10 nitrogen and oxygen atoms in total. The van der Waals surface area contributed by atoms with E-state index < -0.39 is 29.8 Å². The normalized spacial score (nSPS) is 17.3. The molecular weight excluding hydrogens is 599 g/mol. The largest absolute Gasteiger partial charge is 0.480 e. The number of aromatic nitrogens is 6. The first-order valence-electron chi connectivity index (χ1n) is 14.4. The fraction of sp³-hybridized carbons (Fsp3) is 0.400. The van der Waals surface area contributed by atoms with E-state index in [4.69, 9.17) is 9.72 Å². The smallest absolute Gasteiger partial charge is 0.434 e. The van der Waals surface area contributed by atoms with Crippen LogP contribution in [0.5, 0.6) is 5.88 Å². The Morgan fingerprint density at radius 2 is 1.80 bits per heavy atom. The van der Waals surface area contributed by atoms with Crippen molar-refractivity contribution < 1.29 is 31.5 Å². The van der Waals surface area contributed by atoms with Gasteiger partial charge in [-0.1, -0.05) is 24.3 Å². The SMILES string of the molecule is CCN1C(=O)C2(CC2)N(Cc2ccc(-c3nc(C(F)(F)F)cn3C(F)F)cc2)c2nc(-c3c(OC)ncnc3C3CC3)ncc21. The number of alkyl halides is 5. The van der Waals surface area contributed by atoms with E-state index in [0.717, 1.165) is 18.5 Å². The molecule has 1 spiro atoms. The van der Waals surface area contributed by atoms with Crippen LogP contribution in [0.15, 0.2) is 43.0 Å². The molecule has 0 saturated heterocycles. The van der Waals surface area contributed by atoms with Crippen molar-refractivity contribution in [3.8, 4) is 28.7 Å². The van der Waals surface area contributed by atoms with Gasteiger partial charge in [0.05, 0.1) is 19.0 Å². The van der Waals surface area contributed by atoms with Gasteiger partial charge < -0.3 is 14.5 Å². The van der Waals surface area contributed by atoms with Crippen molar-refractivity contribution in [2.45, 2.75) is 63.3 Å². The Balaban J connectivity index is 1.28. The molecule has 0 bridgehead atoms. The number of imidazole rings is 1. The van der Waals surface area contributed by atoms with E-state index in [2.05, 4.69) is 19.9 Å². The van der Waals surface area contributed by atoms with Crippen LogP contribution in [0.4, 0.5) is 33.5 Å². The lowest BCUT2D eigenvalue weighted by molar-refractivity contribution is -0.141. The second kappa shape index (κ2) is 10.4. The van der Waals surface area contributed by atoms with Crippen molar-refractivity contribution in [3.05, 3.63) is 59.9 Å². The van der Waals surface area contributed by atoms with Gasteiger partial charge in [-0.25, -0.2) is 24.9 Å². The van der Waals surface area contributed by atoms with Crippen LogP contribution in [-0.4, -0.2) is 54.6 Å². The number of carbonyl (C=O) groups excluding carboxylic acids is 1. The molecule has 4 aromatic rings. The lowest BCUT2D eigenvalue weighted by atomic mass is 10.0. The fourth-order valence-electron chi connectivity index (χ4n) is 5.94. The van der Waals surface area contributed by atoms with Gasteiger partial charge in [-0.05, 0) is 38.2 Å². The van der Waals surface area contributed by atoms with Crippen molar-refractivity contribution in [3.63, 3.8) is 0 Å². The molecule has 0 unspecified atom stereocenters. The third kappa shape index (κ3) is 4.84. The molecule has 0 atom stereocenters. The number of ether oxygens (including phenoxy) is 1. The summed E-state index contributed by atoms with van der Waals surface area (Å²) >= 11 is 0. The lowest BCUT2D eigenvalue weighted by Crippen LogP contribution is -2.55. The van der Waals surface area contributed by atoms with Crippen LogP contribution < -0.4 is 14.5 Å². The minimum atomic E-state index is -4.87. The first-order valence-corrected chi connectivity index (χ1v) is 14.4. The molecule has 3 aromatic heterocycles. The van der Waals surface area contributed by atoms with E-state index in [1.165, 1.54) is 25.6 Å². The van der Waals surface area contributed by atoms with E-state index in [1.807, 2.05) is 11.8 Å². The number of anilines is 2. The Kier molecular flexibility index (Phi) is 6.74. The monoisotopic (exact) mass is 626 g/mol. The van der Waals surface area contributed by atoms with Crippen LogP contribution in [0.2, 0.25) is 0 Å². The van der Waals surface area contributed by atoms with E-state index in [-0.39, 0.29) is 28.5 Å². The van der Waals surface area contributed by atoms with Gasteiger partial charge in [0.2, 0.25) is 5.88 Å². The quantitative estimate of drug-likeness (QED) is 0.220. The Morgan fingerprint density at radius 1 is 1.07 bits per heavy atom.